The highest BCUT2D eigenvalue weighted by atomic mass is 32.2. The summed E-state index contributed by atoms with van der Waals surface area (Å²) in [5.74, 6) is 1.43. The number of nitrogens with two attached hydrogens (primary N) is 1. The molecule has 206 valence electrons. The fourth-order valence-electron chi connectivity index (χ4n) is 6.05. The first-order valence-electron chi connectivity index (χ1n) is 13.1. The first kappa shape index (κ1) is 26.7. The van der Waals surface area contributed by atoms with E-state index in [1.54, 1.807) is 35.2 Å². The molecule has 10 heteroatoms. The number of carbonyl (C=O) groups is 1. The number of benzene rings is 2. The first-order chi connectivity index (χ1) is 19.0. The molecule has 3 aromatic rings. The number of carbonyl (C=O) groups excluding carboxylic acids is 1. The second-order valence-electron chi connectivity index (χ2n) is 11.3. The lowest BCUT2D eigenvalue weighted by molar-refractivity contribution is -0.113. The van der Waals surface area contributed by atoms with E-state index in [2.05, 4.69) is 25.9 Å². The maximum Gasteiger partial charge on any atom is 0.271 e. The summed E-state index contributed by atoms with van der Waals surface area (Å²) < 4.78 is 29.1. The standard InChI is InChI=1S/C30H30N4O4S2/c1-29(2)20-15-16-30(29,3)26(17-20)32-33-28-34(21-7-5-4-6-8-21)27(35)25(39-28)18-22-11-14-24(38-22)19-9-12-23(13-10-19)40(31,36)37/h4-14,18,20H,15-17H2,1-3H3,(H2,31,36,37)/b25-18-,32-26+,33-28+. The van der Waals surface area contributed by atoms with Gasteiger partial charge in [-0.15, -0.1) is 5.10 Å². The van der Waals surface area contributed by atoms with Gasteiger partial charge in [0.1, 0.15) is 11.5 Å². The number of nitrogens with zero attached hydrogens (tertiary/aromatic N) is 3. The Morgan fingerprint density at radius 2 is 1.75 bits per heavy atom. The molecule has 1 saturated heterocycles. The van der Waals surface area contributed by atoms with Gasteiger partial charge in [0.15, 0.2) is 0 Å². The van der Waals surface area contributed by atoms with Gasteiger partial charge in [0.05, 0.1) is 15.5 Å². The minimum Gasteiger partial charge on any atom is -0.457 e. The van der Waals surface area contributed by atoms with Crippen molar-refractivity contribution < 1.29 is 17.6 Å². The van der Waals surface area contributed by atoms with Crippen molar-refractivity contribution in [1.29, 1.82) is 0 Å². The summed E-state index contributed by atoms with van der Waals surface area (Å²) in [4.78, 5) is 15.7. The lowest BCUT2D eigenvalue weighted by atomic mass is 9.70. The van der Waals surface area contributed by atoms with Gasteiger partial charge in [0.25, 0.3) is 5.91 Å². The van der Waals surface area contributed by atoms with Crippen molar-refractivity contribution in [2.75, 3.05) is 4.90 Å². The Hall–Kier alpha value is -3.47. The van der Waals surface area contributed by atoms with Crippen LogP contribution in [0.1, 0.15) is 45.8 Å². The summed E-state index contributed by atoms with van der Waals surface area (Å²) >= 11 is 1.27. The third kappa shape index (κ3) is 4.44. The van der Waals surface area contributed by atoms with Crippen LogP contribution in [0.4, 0.5) is 5.69 Å². The molecule has 1 amide bonds. The Kier molecular flexibility index (Phi) is 6.40. The van der Waals surface area contributed by atoms with Gasteiger partial charge in [-0.3, -0.25) is 9.69 Å². The average Bonchev–Trinajstić information content (AvgIpc) is 3.62. The minimum atomic E-state index is -3.78. The van der Waals surface area contributed by atoms with E-state index in [9.17, 15) is 13.2 Å². The number of thioether (sulfide) groups is 1. The van der Waals surface area contributed by atoms with E-state index in [0.717, 1.165) is 24.2 Å². The zero-order chi connectivity index (χ0) is 28.3. The zero-order valence-corrected chi connectivity index (χ0v) is 24.1. The molecule has 2 unspecified atom stereocenters. The zero-order valence-electron chi connectivity index (χ0n) is 22.5. The van der Waals surface area contributed by atoms with E-state index in [4.69, 9.17) is 14.7 Å². The number of para-hydroxylation sites is 1. The van der Waals surface area contributed by atoms with Crippen LogP contribution in [0.2, 0.25) is 0 Å². The summed E-state index contributed by atoms with van der Waals surface area (Å²) in [6, 6.07) is 19.1. The highest BCUT2D eigenvalue weighted by Gasteiger charge is 2.60. The number of sulfonamides is 1. The van der Waals surface area contributed by atoms with Gasteiger partial charge in [-0.25, -0.2) is 13.6 Å². The van der Waals surface area contributed by atoms with Crippen molar-refractivity contribution in [2.24, 2.45) is 32.1 Å². The molecule has 2 aliphatic carbocycles. The summed E-state index contributed by atoms with van der Waals surface area (Å²) in [6.07, 6.45) is 4.97. The fraction of sp³-hybridized carbons (Fsp3) is 0.300. The Balaban J connectivity index is 1.31. The van der Waals surface area contributed by atoms with Gasteiger partial charge in [0, 0.05) is 22.8 Å². The second-order valence-corrected chi connectivity index (χ2v) is 13.9. The molecule has 2 saturated carbocycles. The molecule has 8 nitrogen and oxygen atoms in total. The molecule has 40 heavy (non-hydrogen) atoms. The third-order valence-electron chi connectivity index (χ3n) is 8.96. The van der Waals surface area contributed by atoms with E-state index in [1.165, 1.54) is 30.3 Å². The number of anilines is 1. The normalized spacial score (nSPS) is 27.0. The summed E-state index contributed by atoms with van der Waals surface area (Å²) in [7, 11) is -3.78. The van der Waals surface area contributed by atoms with Crippen molar-refractivity contribution in [3.63, 3.8) is 0 Å². The van der Waals surface area contributed by atoms with Crippen molar-refractivity contribution in [3.05, 3.63) is 77.4 Å². The van der Waals surface area contributed by atoms with Crippen LogP contribution in [0.3, 0.4) is 0 Å². The van der Waals surface area contributed by atoms with Crippen LogP contribution >= 0.6 is 11.8 Å². The molecule has 0 spiro atoms. The number of primary sulfonamides is 1. The van der Waals surface area contributed by atoms with Crippen molar-refractivity contribution in [1.82, 2.24) is 0 Å². The molecule has 0 radical (unpaired) electrons. The van der Waals surface area contributed by atoms with Crippen LogP contribution < -0.4 is 10.0 Å². The Labute approximate surface area is 238 Å². The molecule has 3 aliphatic rings. The second kappa shape index (κ2) is 9.57. The van der Waals surface area contributed by atoms with Crippen molar-refractivity contribution in [3.8, 4) is 11.3 Å². The van der Waals surface area contributed by atoms with Gasteiger partial charge in [-0.2, -0.15) is 5.10 Å². The summed E-state index contributed by atoms with van der Waals surface area (Å²) in [6.45, 7) is 6.96. The number of hydrogen-bond acceptors (Lipinski definition) is 7. The number of fused-ring (bicyclic) bond motifs is 2. The third-order valence-corrected chi connectivity index (χ3v) is 10.8. The van der Waals surface area contributed by atoms with Crippen LogP contribution in [0.15, 0.2) is 91.2 Å². The van der Waals surface area contributed by atoms with Gasteiger partial charge >= 0.3 is 0 Å². The number of furan rings is 1. The van der Waals surface area contributed by atoms with Gasteiger partial charge in [0.2, 0.25) is 15.2 Å². The van der Waals surface area contributed by atoms with E-state index in [-0.39, 0.29) is 21.6 Å². The quantitative estimate of drug-likeness (QED) is 0.284. The van der Waals surface area contributed by atoms with Crippen LogP contribution in [-0.2, 0) is 14.8 Å². The highest BCUT2D eigenvalue weighted by molar-refractivity contribution is 8.19. The molecule has 2 aromatic carbocycles. The van der Waals surface area contributed by atoms with E-state index >= 15 is 0 Å². The minimum absolute atomic E-state index is 0.0162. The van der Waals surface area contributed by atoms with Crippen molar-refractivity contribution >= 4 is 50.3 Å². The predicted molar refractivity (Wildman–Crippen MR) is 159 cm³/mol. The highest BCUT2D eigenvalue weighted by Crippen LogP contribution is 2.64. The molecular formula is C30H30N4O4S2. The number of rotatable bonds is 5. The smallest absolute Gasteiger partial charge is 0.271 e. The van der Waals surface area contributed by atoms with E-state index in [0.29, 0.717) is 33.1 Å². The fourth-order valence-corrected chi connectivity index (χ4v) is 7.48. The topological polar surface area (TPSA) is 118 Å². The van der Waals surface area contributed by atoms with Crippen LogP contribution in [0.25, 0.3) is 17.4 Å². The first-order valence-corrected chi connectivity index (χ1v) is 15.5. The average molecular weight is 575 g/mol. The molecule has 2 N–H and O–H groups in total. The maximum absolute atomic E-state index is 13.6. The lowest BCUT2D eigenvalue weighted by Gasteiger charge is -2.34. The molecule has 2 heterocycles. The number of amidine groups is 1. The molecule has 2 bridgehead atoms. The molecule has 3 fully saturated rings. The molecular weight excluding hydrogens is 544 g/mol. The van der Waals surface area contributed by atoms with Gasteiger partial charge in [-0.1, -0.05) is 39.0 Å². The van der Waals surface area contributed by atoms with Gasteiger partial charge in [-0.05, 0) is 90.9 Å². The maximum atomic E-state index is 13.6. The Bertz CT molecular complexity index is 1690. The molecule has 1 aromatic heterocycles. The van der Waals surface area contributed by atoms with Crippen LogP contribution in [0, 0.1) is 16.7 Å². The largest absolute Gasteiger partial charge is 0.457 e. The van der Waals surface area contributed by atoms with E-state index in [1.807, 2.05) is 30.3 Å². The SMILES string of the molecule is CC12CCC(C/C1=N\N=C1\S/C(=C\c3ccc(-c4ccc(S(N)(=O)=O)cc4)o3)C(=O)N1c1ccccc1)C2(C)C. The lowest BCUT2D eigenvalue weighted by Crippen LogP contribution is -2.32. The van der Waals surface area contributed by atoms with Gasteiger partial charge < -0.3 is 4.42 Å². The van der Waals surface area contributed by atoms with Crippen molar-refractivity contribution in [2.45, 2.75) is 44.9 Å². The molecule has 2 atom stereocenters. The number of amides is 1. The molecule has 1 aliphatic heterocycles. The molecule has 6 rings (SSSR count). The predicted octanol–water partition coefficient (Wildman–Crippen LogP) is 6.27. The van der Waals surface area contributed by atoms with E-state index < -0.39 is 10.0 Å². The van der Waals surface area contributed by atoms with Crippen LogP contribution in [-0.4, -0.2) is 25.2 Å². The van der Waals surface area contributed by atoms with Crippen LogP contribution in [0.5, 0.6) is 0 Å². The summed E-state index contributed by atoms with van der Waals surface area (Å²) in [5.41, 5.74) is 2.72. The number of hydrogen-bond donors (Lipinski definition) is 1. The monoisotopic (exact) mass is 574 g/mol. The Morgan fingerprint density at radius 3 is 2.38 bits per heavy atom. The Morgan fingerprint density at radius 1 is 1.02 bits per heavy atom. The summed E-state index contributed by atoms with van der Waals surface area (Å²) in [5, 5.41) is 15.1.